The second-order valence-electron chi connectivity index (χ2n) is 4.97. The monoisotopic (exact) mass is 392 g/mol. The maximum Gasteiger partial charge on any atom is 0.338 e. The number of carboxylic acid groups (broad SMARTS) is 2. The first-order valence-electron chi connectivity index (χ1n) is 7.23. The van der Waals surface area contributed by atoms with Crippen LogP contribution in [0.15, 0.2) is 11.3 Å². The van der Waals surface area contributed by atoms with Gasteiger partial charge in [0.2, 0.25) is 5.41 Å². The van der Waals surface area contributed by atoms with Crippen LogP contribution in [0, 0.1) is 5.41 Å². The van der Waals surface area contributed by atoms with Crippen LogP contribution in [0.3, 0.4) is 0 Å². The molecule has 0 aromatic rings. The van der Waals surface area contributed by atoms with E-state index in [9.17, 15) is 24.6 Å². The van der Waals surface area contributed by atoms with Gasteiger partial charge in [-0.05, 0) is 13.3 Å². The highest BCUT2D eigenvalue weighted by atomic mass is 79.9. The fraction of sp³-hybridized carbons (Fsp3) is 0.643. The Kier molecular flexibility index (Phi) is 6.18. The molecule has 1 aliphatic heterocycles. The lowest BCUT2D eigenvalue weighted by Gasteiger charge is -2.34. The number of carbonyl (C=O) groups is 3. The van der Waals surface area contributed by atoms with Gasteiger partial charge < -0.3 is 20.0 Å². The number of nitrogens with zero attached hydrogens (tertiary/aromatic N) is 2. The molecule has 23 heavy (non-hydrogen) atoms. The first-order valence-corrected chi connectivity index (χ1v) is 8.15. The molecule has 0 aliphatic carbocycles. The van der Waals surface area contributed by atoms with Crippen LogP contribution in [0.5, 0.6) is 0 Å². The van der Waals surface area contributed by atoms with Gasteiger partial charge in [0.25, 0.3) is 0 Å². The van der Waals surface area contributed by atoms with E-state index in [1.807, 2.05) is 6.92 Å². The number of hydrogen-bond acceptors (Lipinski definition) is 6. The number of carboxylic acids is 2. The Bertz CT molecular complexity index is 533. The summed E-state index contributed by atoms with van der Waals surface area (Å²) >= 11 is 3.34. The van der Waals surface area contributed by atoms with Gasteiger partial charge in [-0.2, -0.15) is 0 Å². The van der Waals surface area contributed by atoms with Gasteiger partial charge in [-0.1, -0.05) is 29.8 Å². The average molecular weight is 393 g/mol. The zero-order chi connectivity index (χ0) is 17.9. The lowest BCUT2D eigenvalue weighted by Crippen LogP contribution is -2.47. The summed E-state index contributed by atoms with van der Waals surface area (Å²) in [5.41, 5.74) is -2.31. The summed E-state index contributed by atoms with van der Waals surface area (Å²) in [6.07, 6.45) is -0.211. The molecule has 1 rings (SSSR count). The molecule has 0 amide bonds. The Morgan fingerprint density at radius 1 is 1.22 bits per heavy atom. The van der Waals surface area contributed by atoms with E-state index in [2.05, 4.69) is 15.9 Å². The maximum atomic E-state index is 12.3. The Hall–Kier alpha value is -1.61. The molecule has 0 fully saturated rings. The van der Waals surface area contributed by atoms with E-state index in [-0.39, 0.29) is 24.3 Å². The molecular weight excluding hydrogens is 372 g/mol. The van der Waals surface area contributed by atoms with E-state index < -0.39 is 28.3 Å². The number of halogens is 1. The first-order chi connectivity index (χ1) is 10.7. The van der Waals surface area contributed by atoms with Crippen molar-refractivity contribution in [1.82, 2.24) is 10.0 Å². The van der Waals surface area contributed by atoms with E-state index >= 15 is 0 Å². The normalized spacial score (nSPS) is 19.2. The fourth-order valence-corrected chi connectivity index (χ4v) is 3.73. The third-order valence-corrected chi connectivity index (χ3v) is 4.88. The van der Waals surface area contributed by atoms with E-state index in [1.54, 1.807) is 11.9 Å². The van der Waals surface area contributed by atoms with Crippen LogP contribution in [0.25, 0.3) is 0 Å². The van der Waals surface area contributed by atoms with E-state index in [0.717, 1.165) is 0 Å². The predicted octanol–water partition coefficient (Wildman–Crippen LogP) is 1.27. The van der Waals surface area contributed by atoms with E-state index in [1.165, 1.54) is 19.0 Å². The van der Waals surface area contributed by atoms with Gasteiger partial charge >= 0.3 is 17.9 Å². The summed E-state index contributed by atoms with van der Waals surface area (Å²) in [6.45, 7) is 5.44. The molecule has 0 aromatic heterocycles. The summed E-state index contributed by atoms with van der Waals surface area (Å²) < 4.78 is 5.00. The summed E-state index contributed by atoms with van der Waals surface area (Å²) in [5, 5.41) is 22.3. The second-order valence-corrected chi connectivity index (χ2v) is 5.83. The minimum absolute atomic E-state index is 0.00264. The lowest BCUT2D eigenvalue weighted by molar-refractivity contribution is -0.164. The van der Waals surface area contributed by atoms with Crippen molar-refractivity contribution >= 4 is 33.8 Å². The molecule has 1 aliphatic rings. The summed E-state index contributed by atoms with van der Waals surface area (Å²) in [6, 6.07) is 0. The molecule has 0 radical (unpaired) electrons. The molecule has 2 N–H and O–H groups in total. The van der Waals surface area contributed by atoms with Crippen LogP contribution in [0.4, 0.5) is 0 Å². The number of alkyl halides is 1. The van der Waals surface area contributed by atoms with Gasteiger partial charge in [-0.3, -0.25) is 9.59 Å². The predicted molar refractivity (Wildman–Crippen MR) is 84.5 cm³/mol. The average Bonchev–Trinajstić information content (AvgIpc) is 2.71. The highest BCUT2D eigenvalue weighted by Gasteiger charge is 2.57. The molecular formula is C14H21BrN2O6. The molecule has 0 saturated heterocycles. The van der Waals surface area contributed by atoms with Crippen LogP contribution in [-0.2, 0) is 19.1 Å². The standard InChI is InChI=1S/C14H21BrN2O6/c1-5-14(12(19)20,13(21)22)9-8(11(18)23-7-3)10(15)17(6-2)16(9)4/h10H,5-7H2,1-4H3,(H,19,20)(H,21,22). The van der Waals surface area contributed by atoms with Crippen molar-refractivity contribution in [3.05, 3.63) is 11.3 Å². The summed E-state index contributed by atoms with van der Waals surface area (Å²) in [4.78, 5) is 35.3. The molecule has 9 heteroatoms. The molecule has 0 aromatic carbocycles. The topological polar surface area (TPSA) is 107 Å². The smallest absolute Gasteiger partial charge is 0.338 e. The first kappa shape index (κ1) is 19.4. The Morgan fingerprint density at radius 3 is 2.09 bits per heavy atom. The third-order valence-electron chi connectivity index (χ3n) is 3.95. The van der Waals surface area contributed by atoms with Crippen molar-refractivity contribution in [3.8, 4) is 0 Å². The Labute approximate surface area is 142 Å². The fourth-order valence-electron chi connectivity index (χ4n) is 2.76. The largest absolute Gasteiger partial charge is 0.480 e. The molecule has 1 heterocycles. The minimum atomic E-state index is -2.23. The zero-order valence-electron chi connectivity index (χ0n) is 13.5. The molecule has 8 nitrogen and oxygen atoms in total. The number of aliphatic carboxylic acids is 2. The molecule has 0 bridgehead atoms. The molecule has 1 unspecified atom stereocenters. The van der Waals surface area contributed by atoms with Gasteiger partial charge in [-0.15, -0.1) is 0 Å². The van der Waals surface area contributed by atoms with Crippen molar-refractivity contribution in [2.75, 3.05) is 20.2 Å². The Balaban J connectivity index is 3.69. The second kappa shape index (κ2) is 7.31. The van der Waals surface area contributed by atoms with Crippen molar-refractivity contribution in [1.29, 1.82) is 0 Å². The van der Waals surface area contributed by atoms with Gasteiger partial charge in [0.15, 0.2) is 0 Å². The zero-order valence-corrected chi connectivity index (χ0v) is 15.1. The molecule has 0 spiro atoms. The number of carbonyl (C=O) groups excluding carboxylic acids is 1. The van der Waals surface area contributed by atoms with Crippen LogP contribution < -0.4 is 0 Å². The van der Waals surface area contributed by atoms with Crippen LogP contribution in [0.2, 0.25) is 0 Å². The van der Waals surface area contributed by atoms with Crippen molar-refractivity contribution in [2.24, 2.45) is 5.41 Å². The number of hydrogen-bond donors (Lipinski definition) is 2. The number of rotatable bonds is 7. The molecule has 130 valence electrons. The molecule has 0 saturated carbocycles. The highest BCUT2D eigenvalue weighted by Crippen LogP contribution is 2.44. The van der Waals surface area contributed by atoms with Crippen LogP contribution in [-0.4, -0.2) is 63.3 Å². The third kappa shape index (κ3) is 2.94. The van der Waals surface area contributed by atoms with Crippen LogP contribution in [0.1, 0.15) is 27.2 Å². The quantitative estimate of drug-likeness (QED) is 0.288. The van der Waals surface area contributed by atoms with E-state index in [0.29, 0.717) is 6.54 Å². The minimum Gasteiger partial charge on any atom is -0.480 e. The summed E-state index contributed by atoms with van der Waals surface area (Å²) in [5.74, 6) is -3.77. The number of hydrazine groups is 1. The van der Waals surface area contributed by atoms with Gasteiger partial charge in [-0.25, -0.2) is 9.80 Å². The Morgan fingerprint density at radius 2 is 1.74 bits per heavy atom. The maximum absolute atomic E-state index is 12.3. The van der Waals surface area contributed by atoms with Crippen molar-refractivity contribution < 1.29 is 29.3 Å². The van der Waals surface area contributed by atoms with Gasteiger partial charge in [0.05, 0.1) is 17.9 Å². The van der Waals surface area contributed by atoms with E-state index in [4.69, 9.17) is 4.74 Å². The number of ether oxygens (including phenoxy) is 1. The highest BCUT2D eigenvalue weighted by molar-refractivity contribution is 9.09. The molecule has 1 atom stereocenters. The number of esters is 1. The lowest BCUT2D eigenvalue weighted by atomic mass is 9.79. The van der Waals surface area contributed by atoms with Crippen LogP contribution >= 0.6 is 15.9 Å². The summed E-state index contributed by atoms with van der Waals surface area (Å²) in [7, 11) is 1.54. The SMILES string of the molecule is CCOC(=O)C1=C(C(CC)(C(=O)O)C(=O)O)N(C)N(CC)C1Br. The van der Waals surface area contributed by atoms with Gasteiger partial charge in [0.1, 0.15) is 4.95 Å². The van der Waals surface area contributed by atoms with Crippen molar-refractivity contribution in [3.63, 3.8) is 0 Å². The van der Waals surface area contributed by atoms with Crippen molar-refractivity contribution in [2.45, 2.75) is 32.1 Å². The number of likely N-dealkylation sites (N-methyl/N-ethyl adjacent to an activating group) is 1. The van der Waals surface area contributed by atoms with Gasteiger partial charge in [0, 0.05) is 13.6 Å².